The van der Waals surface area contributed by atoms with Crippen molar-refractivity contribution in [3.63, 3.8) is 0 Å². The van der Waals surface area contributed by atoms with Gasteiger partial charge in [0.1, 0.15) is 5.75 Å². The van der Waals surface area contributed by atoms with Crippen LogP contribution < -0.4 is 10.1 Å². The molecule has 1 atom stereocenters. The van der Waals surface area contributed by atoms with Crippen molar-refractivity contribution < 1.29 is 4.74 Å². The number of nitrogens with one attached hydrogen (secondary N) is 1. The van der Waals surface area contributed by atoms with Gasteiger partial charge >= 0.3 is 0 Å². The van der Waals surface area contributed by atoms with Crippen LogP contribution in [0.2, 0.25) is 0 Å². The molecule has 0 aliphatic heterocycles. The zero-order valence-electron chi connectivity index (χ0n) is 11.1. The van der Waals surface area contributed by atoms with Gasteiger partial charge in [0, 0.05) is 11.6 Å². The molecule has 1 aromatic rings. The van der Waals surface area contributed by atoms with Crippen LogP contribution in [0.1, 0.15) is 45.2 Å². The third kappa shape index (κ3) is 3.22. The summed E-state index contributed by atoms with van der Waals surface area (Å²) in [6, 6.07) is 8.91. The van der Waals surface area contributed by atoms with E-state index in [1.807, 2.05) is 0 Å². The lowest BCUT2D eigenvalue weighted by atomic mass is 10.0. The van der Waals surface area contributed by atoms with Crippen LogP contribution in [0.15, 0.2) is 24.3 Å². The highest BCUT2D eigenvalue weighted by molar-refractivity contribution is 5.37. The van der Waals surface area contributed by atoms with Crippen molar-refractivity contribution in [3.05, 3.63) is 29.8 Å². The van der Waals surface area contributed by atoms with Crippen LogP contribution in [0.25, 0.3) is 0 Å². The second kappa shape index (κ2) is 5.54. The second-order valence-corrected chi connectivity index (χ2v) is 5.08. The molecule has 0 spiro atoms. The fourth-order valence-corrected chi connectivity index (χ4v) is 2.28. The highest BCUT2D eigenvalue weighted by atomic mass is 16.5. The average Bonchev–Trinajstić information content (AvgIpc) is 3.10. The van der Waals surface area contributed by atoms with Gasteiger partial charge in [0.05, 0.1) is 6.10 Å². The van der Waals surface area contributed by atoms with E-state index in [-0.39, 0.29) is 6.10 Å². The Morgan fingerprint density at radius 1 is 1.29 bits per heavy atom. The van der Waals surface area contributed by atoms with Gasteiger partial charge in [0.2, 0.25) is 0 Å². The van der Waals surface area contributed by atoms with Crippen molar-refractivity contribution in [2.24, 2.45) is 5.92 Å². The van der Waals surface area contributed by atoms with Crippen molar-refractivity contribution in [1.82, 2.24) is 5.32 Å². The third-order valence-corrected chi connectivity index (χ3v) is 3.13. The van der Waals surface area contributed by atoms with Crippen molar-refractivity contribution in [3.8, 4) is 5.75 Å². The van der Waals surface area contributed by atoms with E-state index in [4.69, 9.17) is 4.74 Å². The lowest BCUT2D eigenvalue weighted by Gasteiger charge is -2.22. The normalized spacial score (nSPS) is 17.2. The van der Waals surface area contributed by atoms with Crippen molar-refractivity contribution in [2.75, 3.05) is 6.54 Å². The summed E-state index contributed by atoms with van der Waals surface area (Å²) >= 11 is 0. The number of hydrogen-bond donors (Lipinski definition) is 1. The van der Waals surface area contributed by atoms with E-state index in [2.05, 4.69) is 50.4 Å². The first-order valence-electron chi connectivity index (χ1n) is 6.71. The topological polar surface area (TPSA) is 21.3 Å². The molecule has 0 radical (unpaired) electrons. The van der Waals surface area contributed by atoms with Crippen LogP contribution in [0, 0.1) is 5.92 Å². The monoisotopic (exact) mass is 233 g/mol. The standard InChI is InChI=1S/C15H23NO/c1-4-16-15(12-9-10-12)13-7-5-6-8-14(13)17-11(2)3/h5-8,11-12,15-16H,4,9-10H2,1-3H3. The lowest BCUT2D eigenvalue weighted by molar-refractivity contribution is 0.236. The molecule has 1 saturated carbocycles. The highest BCUT2D eigenvalue weighted by Crippen LogP contribution is 2.43. The fourth-order valence-electron chi connectivity index (χ4n) is 2.28. The summed E-state index contributed by atoms with van der Waals surface area (Å²) < 4.78 is 5.91. The van der Waals surface area contributed by atoms with Gasteiger partial charge in [-0.25, -0.2) is 0 Å². The van der Waals surface area contributed by atoms with Gasteiger partial charge in [0.15, 0.2) is 0 Å². The SMILES string of the molecule is CCNC(c1ccccc1OC(C)C)C1CC1. The van der Waals surface area contributed by atoms with E-state index in [0.717, 1.165) is 18.2 Å². The summed E-state index contributed by atoms with van der Waals surface area (Å²) in [7, 11) is 0. The second-order valence-electron chi connectivity index (χ2n) is 5.08. The van der Waals surface area contributed by atoms with E-state index in [0.29, 0.717) is 6.04 Å². The molecule has 1 unspecified atom stereocenters. The van der Waals surface area contributed by atoms with E-state index < -0.39 is 0 Å². The van der Waals surface area contributed by atoms with Crippen LogP contribution >= 0.6 is 0 Å². The van der Waals surface area contributed by atoms with Gasteiger partial charge in [0.25, 0.3) is 0 Å². The first kappa shape index (κ1) is 12.4. The summed E-state index contributed by atoms with van der Waals surface area (Å²) in [5, 5.41) is 3.59. The van der Waals surface area contributed by atoms with Crippen molar-refractivity contribution >= 4 is 0 Å². The first-order valence-corrected chi connectivity index (χ1v) is 6.71. The molecule has 2 heteroatoms. The van der Waals surface area contributed by atoms with E-state index in [1.165, 1.54) is 18.4 Å². The summed E-state index contributed by atoms with van der Waals surface area (Å²) in [4.78, 5) is 0. The summed E-state index contributed by atoms with van der Waals surface area (Å²) in [5.41, 5.74) is 1.32. The molecule has 1 aliphatic rings. The quantitative estimate of drug-likeness (QED) is 0.811. The van der Waals surface area contributed by atoms with Crippen LogP contribution in [-0.4, -0.2) is 12.6 Å². The molecule has 0 saturated heterocycles. The maximum atomic E-state index is 5.91. The maximum Gasteiger partial charge on any atom is 0.124 e. The molecule has 2 rings (SSSR count). The molecule has 0 aromatic heterocycles. The molecule has 0 bridgehead atoms. The Balaban J connectivity index is 2.21. The first-order chi connectivity index (χ1) is 8.22. The Labute approximate surface area is 104 Å². The Kier molecular flexibility index (Phi) is 4.06. The molecule has 17 heavy (non-hydrogen) atoms. The molecular formula is C15H23NO. The number of para-hydroxylation sites is 1. The van der Waals surface area contributed by atoms with Crippen molar-refractivity contribution in [1.29, 1.82) is 0 Å². The molecule has 0 amide bonds. The van der Waals surface area contributed by atoms with Gasteiger partial charge in [-0.15, -0.1) is 0 Å². The molecule has 1 aliphatic carbocycles. The van der Waals surface area contributed by atoms with Gasteiger partial charge in [-0.05, 0) is 45.2 Å². The number of rotatable bonds is 6. The Bertz CT molecular complexity index is 358. The summed E-state index contributed by atoms with van der Waals surface area (Å²) in [6.45, 7) is 7.34. The Morgan fingerprint density at radius 3 is 2.59 bits per heavy atom. The van der Waals surface area contributed by atoms with Gasteiger partial charge in [-0.1, -0.05) is 25.1 Å². The van der Waals surface area contributed by atoms with Crippen LogP contribution in [0.5, 0.6) is 5.75 Å². The predicted octanol–water partition coefficient (Wildman–Crippen LogP) is 3.53. The minimum atomic E-state index is 0.234. The average molecular weight is 233 g/mol. The number of hydrogen-bond acceptors (Lipinski definition) is 2. The van der Waals surface area contributed by atoms with Gasteiger partial charge in [-0.3, -0.25) is 0 Å². The van der Waals surface area contributed by atoms with Gasteiger partial charge < -0.3 is 10.1 Å². The van der Waals surface area contributed by atoms with Crippen LogP contribution in [-0.2, 0) is 0 Å². The lowest BCUT2D eigenvalue weighted by Crippen LogP contribution is -2.23. The smallest absolute Gasteiger partial charge is 0.124 e. The fraction of sp³-hybridized carbons (Fsp3) is 0.600. The Morgan fingerprint density at radius 2 is 2.00 bits per heavy atom. The zero-order valence-corrected chi connectivity index (χ0v) is 11.1. The third-order valence-electron chi connectivity index (χ3n) is 3.13. The predicted molar refractivity (Wildman–Crippen MR) is 71.3 cm³/mol. The zero-order chi connectivity index (χ0) is 12.3. The number of ether oxygens (including phenoxy) is 1. The van der Waals surface area contributed by atoms with Crippen molar-refractivity contribution in [2.45, 2.75) is 45.8 Å². The van der Waals surface area contributed by atoms with Crippen LogP contribution in [0.3, 0.4) is 0 Å². The van der Waals surface area contributed by atoms with E-state index in [9.17, 15) is 0 Å². The maximum absolute atomic E-state index is 5.91. The molecule has 1 aromatic carbocycles. The molecule has 1 N–H and O–H groups in total. The highest BCUT2D eigenvalue weighted by Gasteiger charge is 2.33. The molecular weight excluding hydrogens is 210 g/mol. The Hall–Kier alpha value is -1.02. The van der Waals surface area contributed by atoms with Crippen LogP contribution in [0.4, 0.5) is 0 Å². The largest absolute Gasteiger partial charge is 0.491 e. The number of benzene rings is 1. The molecule has 2 nitrogen and oxygen atoms in total. The molecule has 94 valence electrons. The molecule has 0 heterocycles. The van der Waals surface area contributed by atoms with E-state index in [1.54, 1.807) is 0 Å². The van der Waals surface area contributed by atoms with Gasteiger partial charge in [-0.2, -0.15) is 0 Å². The minimum Gasteiger partial charge on any atom is -0.491 e. The molecule has 1 fully saturated rings. The minimum absolute atomic E-state index is 0.234. The van der Waals surface area contributed by atoms with E-state index >= 15 is 0 Å². The summed E-state index contributed by atoms with van der Waals surface area (Å²) in [6.07, 6.45) is 2.92. The summed E-state index contributed by atoms with van der Waals surface area (Å²) in [5.74, 6) is 1.84.